The van der Waals surface area contributed by atoms with Crippen LogP contribution in [0.25, 0.3) is 0 Å². The summed E-state index contributed by atoms with van der Waals surface area (Å²) in [5.74, 6) is 0.744. The van der Waals surface area contributed by atoms with E-state index in [1.54, 1.807) is 0 Å². The molecule has 1 atom stereocenters. The standard InChI is InChI=1S/C13H20S/c1-3-5-6-8-12(7-4-2)13-9-10-14-11-13/h5-6,9-12H,3-4,7-8H2,1-2H3/b6-5-. The Morgan fingerprint density at radius 1 is 1.36 bits per heavy atom. The van der Waals surface area contributed by atoms with Crippen molar-refractivity contribution in [3.8, 4) is 0 Å². The van der Waals surface area contributed by atoms with Crippen molar-refractivity contribution >= 4 is 11.3 Å². The Bertz CT molecular complexity index is 246. The van der Waals surface area contributed by atoms with Gasteiger partial charge in [0.1, 0.15) is 0 Å². The molecule has 0 aliphatic heterocycles. The Morgan fingerprint density at radius 2 is 2.21 bits per heavy atom. The molecule has 0 bridgehead atoms. The molecule has 1 aromatic rings. The van der Waals surface area contributed by atoms with Crippen LogP contribution < -0.4 is 0 Å². The molecule has 1 aromatic heterocycles. The molecule has 0 saturated heterocycles. The van der Waals surface area contributed by atoms with E-state index in [0.29, 0.717) is 0 Å². The zero-order chi connectivity index (χ0) is 10.2. The van der Waals surface area contributed by atoms with Crippen molar-refractivity contribution < 1.29 is 0 Å². The van der Waals surface area contributed by atoms with Gasteiger partial charge >= 0.3 is 0 Å². The third kappa shape index (κ3) is 3.67. The first-order valence-corrected chi connectivity index (χ1v) is 6.49. The van der Waals surface area contributed by atoms with Crippen LogP contribution in [0.1, 0.15) is 51.0 Å². The Morgan fingerprint density at radius 3 is 2.79 bits per heavy atom. The smallest absolute Gasteiger partial charge is 0.00583 e. The number of rotatable bonds is 6. The molecule has 14 heavy (non-hydrogen) atoms. The van der Waals surface area contributed by atoms with Crippen LogP contribution in [0.2, 0.25) is 0 Å². The van der Waals surface area contributed by atoms with Crippen LogP contribution in [0.4, 0.5) is 0 Å². The van der Waals surface area contributed by atoms with Gasteiger partial charge in [0, 0.05) is 0 Å². The minimum Gasteiger partial charge on any atom is -0.152 e. The van der Waals surface area contributed by atoms with Crippen molar-refractivity contribution in [1.29, 1.82) is 0 Å². The van der Waals surface area contributed by atoms with E-state index in [4.69, 9.17) is 0 Å². The quantitative estimate of drug-likeness (QED) is 0.578. The molecular weight excluding hydrogens is 188 g/mol. The van der Waals surface area contributed by atoms with E-state index < -0.39 is 0 Å². The average molecular weight is 208 g/mol. The first-order valence-electron chi connectivity index (χ1n) is 5.55. The van der Waals surface area contributed by atoms with Crippen molar-refractivity contribution in [2.24, 2.45) is 0 Å². The Balaban J connectivity index is 2.51. The number of allylic oxidation sites excluding steroid dienone is 2. The summed E-state index contributed by atoms with van der Waals surface area (Å²) in [5.41, 5.74) is 1.53. The first kappa shape index (κ1) is 11.5. The molecule has 0 aliphatic carbocycles. The van der Waals surface area contributed by atoms with Gasteiger partial charge in [0.25, 0.3) is 0 Å². The Hall–Kier alpha value is -0.560. The molecule has 78 valence electrons. The van der Waals surface area contributed by atoms with Gasteiger partial charge in [0.05, 0.1) is 0 Å². The normalized spacial score (nSPS) is 13.6. The third-order valence-electron chi connectivity index (χ3n) is 2.47. The van der Waals surface area contributed by atoms with Crippen molar-refractivity contribution in [1.82, 2.24) is 0 Å². The molecule has 0 aromatic carbocycles. The van der Waals surface area contributed by atoms with Gasteiger partial charge in [-0.15, -0.1) is 0 Å². The zero-order valence-electron chi connectivity index (χ0n) is 9.20. The van der Waals surface area contributed by atoms with E-state index in [1.165, 1.54) is 24.8 Å². The van der Waals surface area contributed by atoms with Crippen LogP contribution >= 0.6 is 11.3 Å². The van der Waals surface area contributed by atoms with Gasteiger partial charge in [-0.2, -0.15) is 11.3 Å². The van der Waals surface area contributed by atoms with Crippen molar-refractivity contribution in [2.75, 3.05) is 0 Å². The van der Waals surface area contributed by atoms with Gasteiger partial charge in [0.15, 0.2) is 0 Å². The number of hydrogen-bond donors (Lipinski definition) is 0. The van der Waals surface area contributed by atoms with Crippen molar-refractivity contribution in [3.63, 3.8) is 0 Å². The molecule has 0 nitrogen and oxygen atoms in total. The van der Waals surface area contributed by atoms with Crippen molar-refractivity contribution in [2.45, 2.75) is 45.4 Å². The van der Waals surface area contributed by atoms with Crippen LogP contribution in [0, 0.1) is 0 Å². The molecule has 0 radical (unpaired) electrons. The molecule has 0 saturated carbocycles. The molecule has 0 spiro atoms. The minimum absolute atomic E-state index is 0.744. The molecule has 0 fully saturated rings. The first-order chi connectivity index (χ1) is 6.88. The highest BCUT2D eigenvalue weighted by Gasteiger charge is 2.08. The summed E-state index contributed by atoms with van der Waals surface area (Å²) >= 11 is 1.81. The summed E-state index contributed by atoms with van der Waals surface area (Å²) in [5, 5.41) is 4.47. The fourth-order valence-electron chi connectivity index (χ4n) is 1.70. The molecule has 1 rings (SSSR count). The van der Waals surface area contributed by atoms with Crippen LogP contribution in [0.5, 0.6) is 0 Å². The maximum absolute atomic E-state index is 2.33. The second kappa shape index (κ2) is 6.83. The fourth-order valence-corrected chi connectivity index (χ4v) is 2.45. The summed E-state index contributed by atoms with van der Waals surface area (Å²) < 4.78 is 0. The number of hydrogen-bond acceptors (Lipinski definition) is 1. The second-order valence-electron chi connectivity index (χ2n) is 3.66. The summed E-state index contributed by atoms with van der Waals surface area (Å²) in [4.78, 5) is 0. The largest absolute Gasteiger partial charge is 0.152 e. The van der Waals surface area contributed by atoms with Crippen LogP contribution in [0.15, 0.2) is 29.0 Å². The van der Waals surface area contributed by atoms with E-state index in [1.807, 2.05) is 11.3 Å². The van der Waals surface area contributed by atoms with E-state index in [2.05, 4.69) is 42.8 Å². The second-order valence-corrected chi connectivity index (χ2v) is 4.44. The van der Waals surface area contributed by atoms with E-state index in [-0.39, 0.29) is 0 Å². The zero-order valence-corrected chi connectivity index (χ0v) is 10.0. The maximum Gasteiger partial charge on any atom is -0.00583 e. The predicted molar refractivity (Wildman–Crippen MR) is 66.0 cm³/mol. The fraction of sp³-hybridized carbons (Fsp3) is 0.538. The highest BCUT2D eigenvalue weighted by Crippen LogP contribution is 2.27. The van der Waals surface area contributed by atoms with E-state index >= 15 is 0 Å². The van der Waals surface area contributed by atoms with Gasteiger partial charge in [-0.25, -0.2) is 0 Å². The summed E-state index contributed by atoms with van der Waals surface area (Å²) in [7, 11) is 0. The van der Waals surface area contributed by atoms with Gasteiger partial charge in [0.2, 0.25) is 0 Å². The third-order valence-corrected chi connectivity index (χ3v) is 3.18. The van der Waals surface area contributed by atoms with Gasteiger partial charge in [-0.3, -0.25) is 0 Å². The van der Waals surface area contributed by atoms with Crippen LogP contribution in [0.3, 0.4) is 0 Å². The van der Waals surface area contributed by atoms with Crippen molar-refractivity contribution in [3.05, 3.63) is 34.5 Å². The van der Waals surface area contributed by atoms with Gasteiger partial charge < -0.3 is 0 Å². The minimum atomic E-state index is 0.744. The summed E-state index contributed by atoms with van der Waals surface area (Å²) in [6, 6.07) is 2.27. The Kier molecular flexibility index (Phi) is 5.62. The number of thiophene rings is 1. The van der Waals surface area contributed by atoms with E-state index in [0.717, 1.165) is 12.3 Å². The molecular formula is C13H20S. The summed E-state index contributed by atoms with van der Waals surface area (Å²) in [6.07, 6.45) is 9.55. The van der Waals surface area contributed by atoms with Gasteiger partial charge in [-0.1, -0.05) is 32.4 Å². The van der Waals surface area contributed by atoms with Crippen LogP contribution in [-0.2, 0) is 0 Å². The topological polar surface area (TPSA) is 0 Å². The molecule has 1 heteroatoms. The average Bonchev–Trinajstić information content (AvgIpc) is 2.70. The SMILES string of the molecule is CC/C=C\CC(CCC)c1ccsc1. The molecule has 1 unspecified atom stereocenters. The highest BCUT2D eigenvalue weighted by atomic mass is 32.1. The van der Waals surface area contributed by atoms with Gasteiger partial charge in [-0.05, 0) is 47.6 Å². The van der Waals surface area contributed by atoms with E-state index in [9.17, 15) is 0 Å². The monoisotopic (exact) mass is 208 g/mol. The molecule has 0 N–H and O–H groups in total. The van der Waals surface area contributed by atoms with Crippen LogP contribution in [-0.4, -0.2) is 0 Å². The molecule has 0 amide bonds. The maximum atomic E-state index is 2.33. The lowest BCUT2D eigenvalue weighted by molar-refractivity contribution is 0.622. The lowest BCUT2D eigenvalue weighted by Crippen LogP contribution is -1.94. The predicted octanol–water partition coefficient (Wildman–Crippen LogP) is 4.99. The molecule has 0 aliphatic rings. The summed E-state index contributed by atoms with van der Waals surface area (Å²) in [6.45, 7) is 4.46. The lowest BCUT2D eigenvalue weighted by Gasteiger charge is -2.11. The Labute approximate surface area is 91.7 Å². The highest BCUT2D eigenvalue weighted by molar-refractivity contribution is 7.07. The lowest BCUT2D eigenvalue weighted by atomic mass is 9.93. The molecule has 1 heterocycles.